The lowest BCUT2D eigenvalue weighted by molar-refractivity contribution is -0.998. The van der Waals surface area contributed by atoms with Crippen molar-refractivity contribution in [1.29, 1.82) is 0 Å². The van der Waals surface area contributed by atoms with E-state index in [0.717, 1.165) is 6.92 Å². The second-order valence-electron chi connectivity index (χ2n) is 3.17. The van der Waals surface area contributed by atoms with Crippen molar-refractivity contribution in [2.45, 2.75) is 26.8 Å². The third-order valence-corrected chi connectivity index (χ3v) is 2.48. The van der Waals surface area contributed by atoms with Crippen LogP contribution in [0.25, 0.3) is 0 Å². The zero-order valence-corrected chi connectivity index (χ0v) is 8.18. The number of aliphatic carboxylic acids is 1. The first-order valence-corrected chi connectivity index (χ1v) is 4.25. The molecule has 0 aromatic carbocycles. The number of carboxylic acid groups (broad SMARTS) is 1. The fraction of sp³-hybridized carbons (Fsp3) is 0.875. The van der Waals surface area contributed by atoms with Crippen molar-refractivity contribution in [2.75, 3.05) is 19.6 Å². The molecular weight excluding hydrogens is 180 g/mol. The van der Waals surface area contributed by atoms with Gasteiger partial charge in [-0.1, -0.05) is 0 Å². The molecule has 0 amide bonds. The van der Waals surface area contributed by atoms with E-state index >= 15 is 0 Å². The number of hydrogen-bond acceptors (Lipinski definition) is 1. The van der Waals surface area contributed by atoms with Gasteiger partial charge in [0.2, 0.25) is 0 Å². The van der Waals surface area contributed by atoms with Crippen LogP contribution in [0.5, 0.6) is 0 Å². The molecule has 5 heteroatoms. The fourth-order valence-electron chi connectivity index (χ4n) is 1.40. The van der Waals surface area contributed by atoms with Gasteiger partial charge >= 0.3 is 12.0 Å². The Bertz CT molecular complexity index is 185. The van der Waals surface area contributed by atoms with E-state index in [9.17, 15) is 13.6 Å². The van der Waals surface area contributed by atoms with Crippen LogP contribution in [0.4, 0.5) is 8.78 Å². The van der Waals surface area contributed by atoms with E-state index in [0.29, 0.717) is 0 Å². The number of halogens is 2. The number of alkyl halides is 2. The van der Waals surface area contributed by atoms with Gasteiger partial charge in [0, 0.05) is 0 Å². The summed E-state index contributed by atoms with van der Waals surface area (Å²) in [6, 6.07) is -3.00. The van der Waals surface area contributed by atoms with Crippen LogP contribution < -0.4 is 0 Å². The highest BCUT2D eigenvalue weighted by Gasteiger charge is 2.47. The highest BCUT2D eigenvalue weighted by Crippen LogP contribution is 2.27. The lowest BCUT2D eigenvalue weighted by atomic mass is 10.3. The molecule has 0 rings (SSSR count). The lowest BCUT2D eigenvalue weighted by Gasteiger charge is -2.39. The Labute approximate surface area is 76.6 Å². The molecule has 0 saturated carbocycles. The van der Waals surface area contributed by atoms with Crippen molar-refractivity contribution in [3.8, 4) is 0 Å². The molecule has 78 valence electrons. The van der Waals surface area contributed by atoms with Crippen LogP contribution >= 0.6 is 0 Å². The van der Waals surface area contributed by atoms with Crippen molar-refractivity contribution in [3.63, 3.8) is 0 Å². The minimum absolute atomic E-state index is 0.117. The van der Waals surface area contributed by atoms with E-state index in [1.807, 2.05) is 0 Å². The van der Waals surface area contributed by atoms with Crippen molar-refractivity contribution in [2.24, 2.45) is 0 Å². The van der Waals surface area contributed by atoms with Crippen LogP contribution in [-0.2, 0) is 4.79 Å². The summed E-state index contributed by atoms with van der Waals surface area (Å²) in [5, 5.41) is 8.53. The summed E-state index contributed by atoms with van der Waals surface area (Å²) < 4.78 is 25.5. The van der Waals surface area contributed by atoms with Gasteiger partial charge in [0.15, 0.2) is 6.54 Å². The van der Waals surface area contributed by atoms with Gasteiger partial charge in [-0.15, -0.1) is 8.78 Å². The molecular formula is C8H16F2NO2+. The molecule has 0 radical (unpaired) electrons. The number of rotatable bonds is 5. The monoisotopic (exact) mass is 196 g/mol. The average molecular weight is 196 g/mol. The van der Waals surface area contributed by atoms with Gasteiger partial charge in [-0.25, -0.2) is 4.79 Å². The molecule has 0 heterocycles. The summed E-state index contributed by atoms with van der Waals surface area (Å²) in [5.41, 5.74) is 0. The van der Waals surface area contributed by atoms with Crippen LogP contribution in [-0.4, -0.2) is 41.2 Å². The van der Waals surface area contributed by atoms with Crippen LogP contribution in [0.15, 0.2) is 0 Å². The van der Waals surface area contributed by atoms with Gasteiger partial charge in [-0.05, 0) is 13.8 Å². The van der Waals surface area contributed by atoms with Crippen molar-refractivity contribution in [1.82, 2.24) is 0 Å². The van der Waals surface area contributed by atoms with Crippen LogP contribution in [0.1, 0.15) is 20.8 Å². The molecule has 3 nitrogen and oxygen atoms in total. The summed E-state index contributed by atoms with van der Waals surface area (Å²) in [7, 11) is 0. The van der Waals surface area contributed by atoms with Gasteiger partial charge in [0.1, 0.15) is 0 Å². The first-order chi connectivity index (χ1) is 5.79. The summed E-state index contributed by atoms with van der Waals surface area (Å²) >= 11 is 0. The zero-order chi connectivity index (χ0) is 10.7. The Morgan fingerprint density at radius 1 is 1.38 bits per heavy atom. The van der Waals surface area contributed by atoms with Gasteiger partial charge < -0.3 is 5.11 Å². The first-order valence-electron chi connectivity index (χ1n) is 4.25. The Hall–Kier alpha value is -0.710. The molecule has 1 N–H and O–H groups in total. The third kappa shape index (κ3) is 2.62. The van der Waals surface area contributed by atoms with Crippen molar-refractivity contribution >= 4 is 5.97 Å². The lowest BCUT2D eigenvalue weighted by Crippen LogP contribution is -2.60. The predicted octanol–water partition coefficient (Wildman–Crippen LogP) is 1.54. The number of hydrogen-bond donors (Lipinski definition) is 1. The molecule has 0 saturated heterocycles. The smallest absolute Gasteiger partial charge is 0.388 e. The summed E-state index contributed by atoms with van der Waals surface area (Å²) in [6.45, 7) is 3.62. The predicted molar refractivity (Wildman–Crippen MR) is 44.5 cm³/mol. The third-order valence-electron chi connectivity index (χ3n) is 2.48. The van der Waals surface area contributed by atoms with E-state index in [-0.39, 0.29) is 13.1 Å². The number of quaternary nitrogens is 1. The van der Waals surface area contributed by atoms with E-state index in [1.165, 1.54) is 0 Å². The van der Waals surface area contributed by atoms with Crippen molar-refractivity contribution < 1.29 is 23.2 Å². The first kappa shape index (κ1) is 12.3. The molecule has 0 unspecified atom stereocenters. The van der Waals surface area contributed by atoms with E-state index < -0.39 is 23.0 Å². The molecule has 0 bridgehead atoms. The molecule has 0 aromatic rings. The second kappa shape index (κ2) is 4.00. The number of carboxylic acids is 1. The molecule has 0 fully saturated rings. The normalized spacial score (nSPS) is 13.0. The molecule has 0 atom stereocenters. The number of likely N-dealkylation sites (N-methyl/N-ethyl adjacent to an activating group) is 1. The highest BCUT2D eigenvalue weighted by atomic mass is 19.3. The largest absolute Gasteiger partial charge is 0.477 e. The maximum atomic E-state index is 13.1. The van der Waals surface area contributed by atoms with Crippen molar-refractivity contribution in [3.05, 3.63) is 0 Å². The Balaban J connectivity index is 4.80. The Kier molecular flexibility index (Phi) is 3.78. The van der Waals surface area contributed by atoms with Crippen LogP contribution in [0, 0.1) is 0 Å². The quantitative estimate of drug-likeness (QED) is 0.535. The Morgan fingerprint density at radius 3 is 1.85 bits per heavy atom. The van der Waals surface area contributed by atoms with Gasteiger partial charge in [-0.2, -0.15) is 0 Å². The molecule has 0 aliphatic carbocycles. The van der Waals surface area contributed by atoms with Gasteiger partial charge in [0.05, 0.1) is 20.0 Å². The molecule has 0 aromatic heterocycles. The highest BCUT2D eigenvalue weighted by molar-refractivity contribution is 5.68. The zero-order valence-electron chi connectivity index (χ0n) is 8.18. The van der Waals surface area contributed by atoms with Crippen LogP contribution in [0.2, 0.25) is 0 Å². The summed E-state index contributed by atoms with van der Waals surface area (Å²) in [6.07, 6.45) is 0. The Morgan fingerprint density at radius 2 is 1.77 bits per heavy atom. The molecule has 0 aliphatic heterocycles. The summed E-state index contributed by atoms with van der Waals surface area (Å²) in [5.74, 6) is -1.19. The van der Waals surface area contributed by atoms with Gasteiger partial charge in [0.25, 0.3) is 0 Å². The standard InChI is InChI=1S/C8H15F2NO2/c1-4-11(5-2,6-7(12)13)8(3,9)10/h4-6H2,1-3H3/p+1. The molecule has 0 aliphatic rings. The SMILES string of the molecule is CC[N+](CC)(CC(=O)O)C(C)(F)F. The molecule has 13 heavy (non-hydrogen) atoms. The number of nitrogens with zero attached hydrogens (tertiary/aromatic N) is 1. The summed E-state index contributed by atoms with van der Waals surface area (Å²) in [4.78, 5) is 10.4. The number of carbonyl (C=O) groups is 1. The molecule has 0 spiro atoms. The topological polar surface area (TPSA) is 37.3 Å². The fourth-order valence-corrected chi connectivity index (χ4v) is 1.40. The minimum Gasteiger partial charge on any atom is -0.477 e. The van der Waals surface area contributed by atoms with Gasteiger partial charge in [-0.3, -0.25) is 4.48 Å². The maximum Gasteiger partial charge on any atom is 0.388 e. The second-order valence-corrected chi connectivity index (χ2v) is 3.17. The van der Waals surface area contributed by atoms with E-state index in [2.05, 4.69) is 0 Å². The average Bonchev–Trinajstić information content (AvgIpc) is 1.97. The minimum atomic E-state index is -3.00. The maximum absolute atomic E-state index is 13.1. The van der Waals surface area contributed by atoms with E-state index in [1.54, 1.807) is 13.8 Å². The van der Waals surface area contributed by atoms with Crippen LogP contribution in [0.3, 0.4) is 0 Å². The van der Waals surface area contributed by atoms with E-state index in [4.69, 9.17) is 5.11 Å².